The summed E-state index contributed by atoms with van der Waals surface area (Å²) in [5, 5.41) is 33.8. The Kier molecular flexibility index (Phi) is 80.2. The second-order valence-corrected chi connectivity index (χ2v) is 6.01. The van der Waals surface area contributed by atoms with Crippen molar-refractivity contribution in [3.8, 4) is 0 Å². The number of rotatable bonds is 2. The third-order valence-electron chi connectivity index (χ3n) is 2.52. The molecule has 8 nitrogen and oxygen atoms in total. The van der Waals surface area contributed by atoms with Crippen LogP contribution in [0.1, 0.15) is 44.6 Å². The van der Waals surface area contributed by atoms with Gasteiger partial charge < -0.3 is 34.8 Å². The van der Waals surface area contributed by atoms with Gasteiger partial charge in [-0.15, -0.1) is 0 Å². The molecule has 20 heteroatoms. The molecule has 0 saturated heterocycles. The van der Waals surface area contributed by atoms with Crippen LogP contribution in [0.3, 0.4) is 0 Å². The molecule has 3 atom stereocenters. The number of hydrogen-bond donors (Lipinski definition) is 4. The molecule has 0 aliphatic heterocycles. The Labute approximate surface area is 355 Å². The Bertz CT molecular complexity index is 700. The number of pyridine rings is 1. The first kappa shape index (κ1) is 74.2. The smallest absolute Gasteiger partial charge is 0.545 e. The summed E-state index contributed by atoms with van der Waals surface area (Å²) in [6.45, 7) is 17.1. The van der Waals surface area contributed by atoms with E-state index < -0.39 is 35.9 Å². The average molecular weight is 880 g/mol. The van der Waals surface area contributed by atoms with Crippen LogP contribution >= 0.6 is 9.90 Å². The molecule has 0 amide bonds. The molecule has 1 aromatic heterocycles. The van der Waals surface area contributed by atoms with E-state index >= 15 is 0 Å². The first-order valence-corrected chi connectivity index (χ1v) is 8.81. The SMILES string of the molecule is CC(O)=CC(C)O.CC(O)=CC(C)O.Cc1cc(C(F)(F)F)nc(C(F)(F)F)c1.P.[Ar].[Ar].[Ar].[CH-]=O.[CH-]=O.[CH-]=O.[Rh+2].[Rh]. The Morgan fingerprint density at radius 1 is 0.756 bits per heavy atom. The van der Waals surface area contributed by atoms with Crippen LogP contribution in [0.25, 0.3) is 0 Å². The normalized spacial score (nSPS) is 10.8. The quantitative estimate of drug-likeness (QED) is 0.0860. The standard InChI is InChI=1S/C8H5F6N.2C5H10O2.3CHO.3Ar.H3P.2Rh/c1-4-2-5(7(9,10)11)15-6(3-4)8(12,13)14;2*1-4(6)3-5(2)7;3*1-2;;;;;;/h2-3H,1H3;2*3-4,6-7H,1-2H3;3*1H;;;;1H3;;/q;;;3*-1;;;;;;+2. The van der Waals surface area contributed by atoms with E-state index in [0.29, 0.717) is 12.1 Å². The molecule has 41 heavy (non-hydrogen) atoms. The average Bonchev–Trinajstić information content (AvgIpc) is 2.70. The molecule has 0 aromatic carbocycles. The summed E-state index contributed by atoms with van der Waals surface area (Å²) in [7, 11) is 0. The van der Waals surface area contributed by atoms with Crippen molar-refractivity contribution in [1.29, 1.82) is 0 Å². The topological polar surface area (TPSA) is 145 Å². The zero-order valence-electron chi connectivity index (χ0n) is 21.9. The van der Waals surface area contributed by atoms with Crippen LogP contribution < -0.4 is 0 Å². The maximum Gasteiger partial charge on any atom is 2.00 e. The van der Waals surface area contributed by atoms with Gasteiger partial charge >= 0.3 is 31.8 Å². The van der Waals surface area contributed by atoms with Crippen molar-refractivity contribution in [2.75, 3.05) is 0 Å². The van der Waals surface area contributed by atoms with Crippen LogP contribution in [-0.2, 0) is 65.7 Å². The maximum atomic E-state index is 12.1. The molecule has 0 saturated carbocycles. The summed E-state index contributed by atoms with van der Waals surface area (Å²) in [6, 6.07) is 1.13. The van der Waals surface area contributed by atoms with Crippen LogP contribution in [0.5, 0.6) is 0 Å². The molecule has 0 aliphatic carbocycles. The Balaban J connectivity index is -0.0000000336. The number of aliphatic hydroxyl groups is 4. The molecule has 4 N–H and O–H groups in total. The molecule has 1 rings (SSSR count). The fourth-order valence-electron chi connectivity index (χ4n) is 1.66. The van der Waals surface area contributed by atoms with Crippen molar-refractivity contribution in [1.82, 2.24) is 4.98 Å². The molecule has 0 bridgehead atoms. The number of hydrogen-bond acceptors (Lipinski definition) is 8. The summed E-state index contributed by atoms with van der Waals surface area (Å²) >= 11 is 0. The van der Waals surface area contributed by atoms with Gasteiger partial charge in [-0.1, -0.05) is 0 Å². The van der Waals surface area contributed by atoms with Gasteiger partial charge in [-0.3, -0.25) is 20.4 Å². The van der Waals surface area contributed by atoms with Crippen molar-refractivity contribution in [3.05, 3.63) is 52.8 Å². The second-order valence-electron chi connectivity index (χ2n) is 6.01. The van der Waals surface area contributed by atoms with Crippen molar-refractivity contribution in [2.24, 2.45) is 0 Å². The van der Waals surface area contributed by atoms with Crippen LogP contribution in [0.4, 0.5) is 26.3 Å². The summed E-state index contributed by atoms with van der Waals surface area (Å²) in [5.74, 6) is 0.324. The number of aryl methyl sites for hydroxylation is 1. The molecular formula is C21H31Ar3F6NO7PRh2-. The minimum absolute atomic E-state index is 0. The van der Waals surface area contributed by atoms with Crippen LogP contribution in [0, 0.1) is 120 Å². The van der Waals surface area contributed by atoms with Crippen molar-refractivity contribution < 1.29 is 213 Å². The number of nitrogens with zero attached hydrogens (tertiary/aromatic N) is 1. The summed E-state index contributed by atoms with van der Waals surface area (Å²) in [4.78, 5) is 25.8. The molecule has 2 radical (unpaired) electrons. The third kappa shape index (κ3) is 58.3. The molecule has 1 heterocycles. The second kappa shape index (κ2) is 44.3. The Morgan fingerprint density at radius 2 is 0.951 bits per heavy atom. The van der Waals surface area contributed by atoms with E-state index in [1.165, 1.54) is 26.0 Å². The van der Waals surface area contributed by atoms with Gasteiger partial charge in [-0.25, -0.2) is 4.98 Å². The zero-order valence-corrected chi connectivity index (χ0v) is 28.7. The number of carbonyl (C=O) groups excluding carboxylic acids is 3. The Morgan fingerprint density at radius 3 is 1.05 bits per heavy atom. The minimum atomic E-state index is -4.87. The van der Waals surface area contributed by atoms with Crippen molar-refractivity contribution in [3.63, 3.8) is 0 Å². The fraction of sp³-hybridized carbons (Fsp3) is 0.429. The summed E-state index contributed by atoms with van der Waals surface area (Å²) in [5.41, 5.74) is -3.20. The van der Waals surface area contributed by atoms with E-state index in [1.807, 2.05) is 0 Å². The van der Waals surface area contributed by atoms with Gasteiger partial charge in [0.2, 0.25) is 0 Å². The first-order valence-electron chi connectivity index (χ1n) is 8.81. The van der Waals surface area contributed by atoms with E-state index in [9.17, 15) is 26.3 Å². The predicted octanol–water partition coefficient (Wildman–Crippen LogP) is 4.32. The van der Waals surface area contributed by atoms with E-state index in [-0.39, 0.29) is 179 Å². The predicted molar refractivity (Wildman–Crippen MR) is 126 cm³/mol. The van der Waals surface area contributed by atoms with Crippen LogP contribution in [-0.4, -0.2) is 58.0 Å². The van der Waals surface area contributed by atoms with Gasteiger partial charge in [0.05, 0.1) is 23.7 Å². The molecule has 0 spiro atoms. The van der Waals surface area contributed by atoms with E-state index in [1.54, 1.807) is 13.8 Å². The summed E-state index contributed by atoms with van der Waals surface area (Å²) in [6.07, 6.45) is -8.09. The van der Waals surface area contributed by atoms with Gasteiger partial charge in [-0.05, 0) is 64.5 Å². The largest absolute Gasteiger partial charge is 2.00 e. The zero-order chi connectivity index (χ0) is 29.6. The van der Waals surface area contributed by atoms with Gasteiger partial charge in [0.1, 0.15) is 11.4 Å². The van der Waals surface area contributed by atoms with E-state index in [2.05, 4.69) is 25.4 Å². The molecule has 0 aliphatic rings. The minimum Gasteiger partial charge on any atom is -0.545 e. The number of alkyl halides is 6. The molecule has 1 aromatic rings. The van der Waals surface area contributed by atoms with Crippen molar-refractivity contribution >= 4 is 30.3 Å². The van der Waals surface area contributed by atoms with E-state index in [0.717, 1.165) is 6.92 Å². The number of aromatic nitrogens is 1. The van der Waals surface area contributed by atoms with Crippen LogP contribution in [0.15, 0.2) is 35.8 Å². The fourth-order valence-corrected chi connectivity index (χ4v) is 1.66. The maximum absolute atomic E-state index is 12.1. The van der Waals surface area contributed by atoms with Crippen LogP contribution in [0.2, 0.25) is 0 Å². The number of aliphatic hydroxyl groups excluding tert-OH is 4. The van der Waals surface area contributed by atoms with E-state index in [4.69, 9.17) is 34.8 Å². The van der Waals surface area contributed by atoms with Crippen molar-refractivity contribution in [2.45, 2.75) is 59.2 Å². The van der Waals surface area contributed by atoms with Gasteiger partial charge in [0.15, 0.2) is 0 Å². The Hall–Kier alpha value is 2.20. The van der Waals surface area contributed by atoms with Gasteiger partial charge in [0, 0.05) is 133 Å². The molecule has 0 fully saturated rings. The molecule has 3 unspecified atom stereocenters. The third-order valence-corrected chi connectivity index (χ3v) is 2.52. The number of allylic oxidation sites excluding steroid dienone is 2. The molecular weight excluding hydrogens is 849 g/mol. The van der Waals surface area contributed by atoms with Gasteiger partial charge in [-0.2, -0.15) is 36.2 Å². The number of halogens is 6. The summed E-state index contributed by atoms with van der Waals surface area (Å²) < 4.78 is 72.6. The first-order chi connectivity index (χ1) is 15.9. The van der Waals surface area contributed by atoms with Gasteiger partial charge in [0.25, 0.3) is 0 Å². The monoisotopic (exact) mass is 880 g/mol. The molecule has 252 valence electrons.